The van der Waals surface area contributed by atoms with E-state index in [-0.39, 0.29) is 12.3 Å². The van der Waals surface area contributed by atoms with E-state index in [1.807, 2.05) is 13.8 Å². The summed E-state index contributed by atoms with van der Waals surface area (Å²) < 4.78 is 0. The molecule has 0 aliphatic carbocycles. The fraction of sp³-hybridized carbons (Fsp3) is 0.706. The molecule has 3 amide bonds. The van der Waals surface area contributed by atoms with Gasteiger partial charge in [-0.25, -0.2) is 4.79 Å². The maximum Gasteiger partial charge on any atom is 0.326 e. The molecule has 0 bridgehead atoms. The first-order valence-electron chi connectivity index (χ1n) is 8.96. The summed E-state index contributed by atoms with van der Waals surface area (Å²) in [6.45, 7) is 6.53. The average molecular weight is 402 g/mol. The lowest BCUT2D eigenvalue weighted by Gasteiger charge is -2.24. The first kappa shape index (κ1) is 25.3. The van der Waals surface area contributed by atoms with Crippen LogP contribution in [0, 0.1) is 5.92 Å². The van der Waals surface area contributed by atoms with Gasteiger partial charge < -0.3 is 31.9 Å². The molecular formula is C17H30N4O7. The highest BCUT2D eigenvalue weighted by atomic mass is 16.4. The maximum absolute atomic E-state index is 12.4. The summed E-state index contributed by atoms with van der Waals surface area (Å²) in [7, 11) is 0. The Morgan fingerprint density at radius 3 is 1.79 bits per heavy atom. The maximum atomic E-state index is 12.4. The van der Waals surface area contributed by atoms with E-state index in [0.29, 0.717) is 6.42 Å². The van der Waals surface area contributed by atoms with Crippen LogP contribution in [0.25, 0.3) is 0 Å². The molecule has 4 unspecified atom stereocenters. The quantitative estimate of drug-likeness (QED) is 0.235. The molecule has 0 spiro atoms. The minimum atomic E-state index is -1.40. The number of nitrogens with one attached hydrogen (secondary N) is 3. The van der Waals surface area contributed by atoms with Crippen molar-refractivity contribution in [1.82, 2.24) is 16.0 Å². The van der Waals surface area contributed by atoms with E-state index in [9.17, 15) is 24.0 Å². The summed E-state index contributed by atoms with van der Waals surface area (Å²) in [4.78, 5) is 58.1. The van der Waals surface area contributed by atoms with Crippen LogP contribution in [0.3, 0.4) is 0 Å². The second kappa shape index (κ2) is 11.9. The summed E-state index contributed by atoms with van der Waals surface area (Å²) in [5.41, 5.74) is 5.49. The number of carboxylic acid groups (broad SMARTS) is 2. The third-order valence-corrected chi connectivity index (χ3v) is 3.77. The average Bonchev–Trinajstić information content (AvgIpc) is 2.56. The van der Waals surface area contributed by atoms with Gasteiger partial charge in [-0.2, -0.15) is 0 Å². The second-order valence-electron chi connectivity index (χ2n) is 7.04. The van der Waals surface area contributed by atoms with Crippen molar-refractivity contribution >= 4 is 29.7 Å². The van der Waals surface area contributed by atoms with Crippen molar-refractivity contribution in [1.29, 1.82) is 0 Å². The lowest BCUT2D eigenvalue weighted by atomic mass is 10.0. The zero-order valence-corrected chi connectivity index (χ0v) is 16.5. The first-order chi connectivity index (χ1) is 12.8. The Balaban J connectivity index is 4.95. The predicted octanol–water partition coefficient (Wildman–Crippen LogP) is -1.20. The lowest BCUT2D eigenvalue weighted by molar-refractivity contribution is -0.143. The van der Waals surface area contributed by atoms with Gasteiger partial charge in [0.2, 0.25) is 17.7 Å². The van der Waals surface area contributed by atoms with Crippen LogP contribution in [0.1, 0.15) is 47.0 Å². The van der Waals surface area contributed by atoms with Gasteiger partial charge in [0.05, 0.1) is 6.04 Å². The Morgan fingerprint density at radius 2 is 1.36 bits per heavy atom. The third kappa shape index (κ3) is 9.86. The van der Waals surface area contributed by atoms with E-state index in [0.717, 1.165) is 0 Å². The Morgan fingerprint density at radius 1 is 0.821 bits per heavy atom. The smallest absolute Gasteiger partial charge is 0.326 e. The molecule has 0 fully saturated rings. The molecule has 0 aromatic heterocycles. The summed E-state index contributed by atoms with van der Waals surface area (Å²) in [5, 5.41) is 24.9. The van der Waals surface area contributed by atoms with E-state index in [4.69, 9.17) is 15.9 Å². The largest absolute Gasteiger partial charge is 0.481 e. The minimum Gasteiger partial charge on any atom is -0.481 e. The standard InChI is InChI=1S/C17H30N4O7/c1-8(2)7-12(21-14(24)9(3)18)16(26)19-10(4)15(25)20-11(17(27)28)5-6-13(22)23/h8-12H,5-7,18H2,1-4H3,(H,19,26)(H,20,25)(H,21,24)(H,22,23)(H,27,28). The Bertz CT molecular complexity index is 592. The molecule has 0 aliphatic rings. The van der Waals surface area contributed by atoms with Gasteiger partial charge in [0.1, 0.15) is 18.1 Å². The molecule has 0 saturated carbocycles. The SMILES string of the molecule is CC(C)CC(NC(=O)C(C)N)C(=O)NC(C)C(=O)NC(CCC(=O)O)C(=O)O. The number of nitrogens with two attached hydrogens (primary N) is 1. The molecule has 0 aliphatic heterocycles. The van der Waals surface area contributed by atoms with Gasteiger partial charge in [0.15, 0.2) is 0 Å². The number of rotatable bonds is 12. The van der Waals surface area contributed by atoms with Crippen molar-refractivity contribution in [2.75, 3.05) is 0 Å². The Kier molecular flexibility index (Phi) is 10.8. The van der Waals surface area contributed by atoms with Crippen molar-refractivity contribution in [3.8, 4) is 0 Å². The summed E-state index contributed by atoms with van der Waals surface area (Å²) in [5.74, 6) is -4.41. The molecule has 0 radical (unpaired) electrons. The lowest BCUT2D eigenvalue weighted by Crippen LogP contribution is -2.56. The number of hydrogen-bond acceptors (Lipinski definition) is 6. The van der Waals surface area contributed by atoms with Gasteiger partial charge in [-0.05, 0) is 32.6 Å². The van der Waals surface area contributed by atoms with Crippen molar-refractivity contribution in [3.63, 3.8) is 0 Å². The van der Waals surface area contributed by atoms with Gasteiger partial charge in [-0.3, -0.25) is 19.2 Å². The molecule has 11 nitrogen and oxygen atoms in total. The van der Waals surface area contributed by atoms with Crippen LogP contribution < -0.4 is 21.7 Å². The van der Waals surface area contributed by atoms with Gasteiger partial charge in [0, 0.05) is 6.42 Å². The highest BCUT2D eigenvalue weighted by Crippen LogP contribution is 2.06. The topological polar surface area (TPSA) is 188 Å². The van der Waals surface area contributed by atoms with Gasteiger partial charge >= 0.3 is 11.9 Å². The molecule has 4 atom stereocenters. The molecule has 11 heteroatoms. The number of aliphatic carboxylic acids is 2. The van der Waals surface area contributed by atoms with Crippen LogP contribution in [0.2, 0.25) is 0 Å². The number of amides is 3. The molecule has 160 valence electrons. The Labute approximate surface area is 163 Å². The van der Waals surface area contributed by atoms with Crippen molar-refractivity contribution < 1.29 is 34.2 Å². The van der Waals surface area contributed by atoms with E-state index in [1.165, 1.54) is 13.8 Å². The molecule has 0 aromatic carbocycles. The molecule has 7 N–H and O–H groups in total. The molecule has 0 saturated heterocycles. The fourth-order valence-electron chi connectivity index (χ4n) is 2.21. The summed E-state index contributed by atoms with van der Waals surface area (Å²) in [6.07, 6.45) is -0.412. The summed E-state index contributed by atoms with van der Waals surface area (Å²) in [6, 6.07) is -4.21. The van der Waals surface area contributed by atoms with Gasteiger partial charge in [0.25, 0.3) is 0 Å². The van der Waals surface area contributed by atoms with Crippen LogP contribution in [0.5, 0.6) is 0 Å². The predicted molar refractivity (Wildman–Crippen MR) is 99.1 cm³/mol. The van der Waals surface area contributed by atoms with E-state index in [2.05, 4.69) is 16.0 Å². The van der Waals surface area contributed by atoms with E-state index < -0.39 is 60.2 Å². The van der Waals surface area contributed by atoms with Crippen LogP contribution in [0.4, 0.5) is 0 Å². The number of carbonyl (C=O) groups is 5. The van der Waals surface area contributed by atoms with Crippen molar-refractivity contribution in [2.45, 2.75) is 71.1 Å². The van der Waals surface area contributed by atoms with E-state index in [1.54, 1.807) is 0 Å². The minimum absolute atomic E-state index is 0.0701. The Hall–Kier alpha value is -2.69. The van der Waals surface area contributed by atoms with Crippen molar-refractivity contribution in [2.24, 2.45) is 11.7 Å². The first-order valence-corrected chi connectivity index (χ1v) is 8.96. The molecular weight excluding hydrogens is 372 g/mol. The highest BCUT2D eigenvalue weighted by molar-refractivity contribution is 5.93. The van der Waals surface area contributed by atoms with Gasteiger partial charge in [-0.15, -0.1) is 0 Å². The van der Waals surface area contributed by atoms with Crippen molar-refractivity contribution in [3.05, 3.63) is 0 Å². The molecule has 0 aromatic rings. The van der Waals surface area contributed by atoms with Crippen LogP contribution in [-0.2, 0) is 24.0 Å². The highest BCUT2D eigenvalue weighted by Gasteiger charge is 2.28. The number of carbonyl (C=O) groups excluding carboxylic acids is 3. The zero-order chi connectivity index (χ0) is 22.0. The second-order valence-corrected chi connectivity index (χ2v) is 7.04. The number of carboxylic acids is 2. The third-order valence-electron chi connectivity index (χ3n) is 3.77. The molecule has 0 rings (SSSR count). The fourth-order valence-corrected chi connectivity index (χ4v) is 2.21. The van der Waals surface area contributed by atoms with E-state index >= 15 is 0 Å². The van der Waals surface area contributed by atoms with Crippen LogP contribution in [-0.4, -0.2) is 64.0 Å². The molecule has 0 heterocycles. The normalized spacial score (nSPS) is 15.1. The monoisotopic (exact) mass is 402 g/mol. The van der Waals surface area contributed by atoms with Gasteiger partial charge in [-0.1, -0.05) is 13.8 Å². The number of hydrogen-bond donors (Lipinski definition) is 6. The summed E-state index contributed by atoms with van der Waals surface area (Å²) >= 11 is 0. The molecule has 28 heavy (non-hydrogen) atoms. The van der Waals surface area contributed by atoms with Crippen LogP contribution >= 0.6 is 0 Å². The zero-order valence-electron chi connectivity index (χ0n) is 16.5. The van der Waals surface area contributed by atoms with Crippen LogP contribution in [0.15, 0.2) is 0 Å².